The standard InChI is InChI=1S/C11H18N4O3/c1-7(13-10(17)18-11(2,3)4)8(16)9-12-6-15(5)14-9/h6-7H,1-5H3,(H,13,17)/t7-/m0/s1. The molecule has 0 fully saturated rings. The molecule has 0 aromatic carbocycles. The average Bonchev–Trinajstić information content (AvgIpc) is 2.60. The van der Waals surface area contributed by atoms with E-state index < -0.39 is 17.7 Å². The predicted molar refractivity (Wildman–Crippen MR) is 64.2 cm³/mol. The van der Waals surface area contributed by atoms with Crippen LogP contribution in [0.2, 0.25) is 0 Å². The Morgan fingerprint density at radius 3 is 2.50 bits per heavy atom. The van der Waals surface area contributed by atoms with E-state index >= 15 is 0 Å². The van der Waals surface area contributed by atoms with Crippen LogP contribution in [0.4, 0.5) is 4.79 Å². The van der Waals surface area contributed by atoms with Crippen molar-refractivity contribution >= 4 is 11.9 Å². The van der Waals surface area contributed by atoms with E-state index in [2.05, 4.69) is 15.4 Å². The van der Waals surface area contributed by atoms with Gasteiger partial charge in [0.25, 0.3) is 0 Å². The Kier molecular flexibility index (Phi) is 4.05. The normalized spacial score (nSPS) is 12.9. The van der Waals surface area contributed by atoms with Crippen molar-refractivity contribution in [3.8, 4) is 0 Å². The first-order chi connectivity index (χ1) is 8.19. The minimum atomic E-state index is -0.734. The Morgan fingerprint density at radius 2 is 2.06 bits per heavy atom. The molecular weight excluding hydrogens is 236 g/mol. The van der Waals surface area contributed by atoms with E-state index in [0.29, 0.717) is 0 Å². The molecule has 7 heteroatoms. The van der Waals surface area contributed by atoms with Crippen LogP contribution in [0.15, 0.2) is 6.33 Å². The highest BCUT2D eigenvalue weighted by Crippen LogP contribution is 2.07. The van der Waals surface area contributed by atoms with Gasteiger partial charge in [-0.25, -0.2) is 9.78 Å². The SMILES string of the molecule is C[C@H](NC(=O)OC(C)(C)C)C(=O)c1ncn(C)n1. The summed E-state index contributed by atoms with van der Waals surface area (Å²) in [7, 11) is 1.66. The fourth-order valence-corrected chi connectivity index (χ4v) is 1.20. The summed E-state index contributed by atoms with van der Waals surface area (Å²) in [5.74, 6) is -0.289. The Labute approximate surface area is 106 Å². The lowest BCUT2D eigenvalue weighted by Gasteiger charge is -2.21. The number of nitrogens with one attached hydrogen (secondary N) is 1. The third-order valence-corrected chi connectivity index (χ3v) is 1.95. The lowest BCUT2D eigenvalue weighted by molar-refractivity contribution is 0.0496. The average molecular weight is 254 g/mol. The number of carbonyl (C=O) groups excluding carboxylic acids is 2. The van der Waals surface area contributed by atoms with Crippen LogP contribution in [0, 0.1) is 0 Å². The third-order valence-electron chi connectivity index (χ3n) is 1.95. The highest BCUT2D eigenvalue weighted by molar-refractivity contribution is 5.98. The molecule has 0 aliphatic rings. The van der Waals surface area contributed by atoms with Crippen LogP contribution in [0.1, 0.15) is 38.3 Å². The molecule has 0 aliphatic heterocycles. The first kappa shape index (κ1) is 14.1. The maximum absolute atomic E-state index is 11.9. The summed E-state index contributed by atoms with van der Waals surface area (Å²) in [5, 5.41) is 6.32. The number of carbonyl (C=O) groups is 2. The largest absolute Gasteiger partial charge is 0.444 e. The summed E-state index contributed by atoms with van der Waals surface area (Å²) in [6, 6.07) is -0.734. The molecule has 1 atom stereocenters. The minimum absolute atomic E-state index is 0.0704. The third kappa shape index (κ3) is 4.15. The number of ether oxygens (including phenoxy) is 1. The molecule has 0 spiro atoms. The fraction of sp³-hybridized carbons (Fsp3) is 0.636. The molecule has 1 rings (SSSR count). The second-order valence-electron chi connectivity index (χ2n) is 4.97. The lowest BCUT2D eigenvalue weighted by Crippen LogP contribution is -2.42. The molecule has 0 unspecified atom stereocenters. The molecular formula is C11H18N4O3. The number of amides is 1. The van der Waals surface area contributed by atoms with E-state index in [1.165, 1.54) is 11.0 Å². The van der Waals surface area contributed by atoms with E-state index in [0.717, 1.165) is 0 Å². The molecule has 1 heterocycles. The maximum Gasteiger partial charge on any atom is 0.408 e. The number of hydrogen-bond donors (Lipinski definition) is 1. The van der Waals surface area contributed by atoms with Gasteiger partial charge in [0.15, 0.2) is 0 Å². The van der Waals surface area contributed by atoms with Crippen LogP contribution >= 0.6 is 0 Å². The number of hydrogen-bond acceptors (Lipinski definition) is 5. The first-order valence-electron chi connectivity index (χ1n) is 5.58. The van der Waals surface area contributed by atoms with Gasteiger partial charge in [0, 0.05) is 7.05 Å². The monoisotopic (exact) mass is 254 g/mol. The van der Waals surface area contributed by atoms with Crippen LogP contribution < -0.4 is 5.32 Å². The number of nitrogens with zero attached hydrogens (tertiary/aromatic N) is 3. The van der Waals surface area contributed by atoms with Gasteiger partial charge >= 0.3 is 6.09 Å². The molecule has 0 saturated carbocycles. The summed E-state index contributed by atoms with van der Waals surface area (Å²) in [4.78, 5) is 27.2. The Bertz CT molecular complexity index is 447. The van der Waals surface area contributed by atoms with E-state index in [9.17, 15) is 9.59 Å². The van der Waals surface area contributed by atoms with Gasteiger partial charge in [-0.2, -0.15) is 0 Å². The number of ketones is 1. The van der Waals surface area contributed by atoms with Crippen molar-refractivity contribution in [3.63, 3.8) is 0 Å². The first-order valence-corrected chi connectivity index (χ1v) is 5.58. The quantitative estimate of drug-likeness (QED) is 0.810. The second-order valence-corrected chi connectivity index (χ2v) is 4.97. The summed E-state index contributed by atoms with van der Waals surface area (Å²) < 4.78 is 6.48. The summed E-state index contributed by atoms with van der Waals surface area (Å²) in [6.07, 6.45) is 0.784. The number of alkyl carbamates (subject to hydrolysis) is 1. The van der Waals surface area contributed by atoms with Crippen LogP contribution in [-0.2, 0) is 11.8 Å². The summed E-state index contributed by atoms with van der Waals surface area (Å²) >= 11 is 0. The molecule has 18 heavy (non-hydrogen) atoms. The van der Waals surface area contributed by atoms with Gasteiger partial charge in [0.2, 0.25) is 11.6 Å². The number of aryl methyl sites for hydroxylation is 1. The fourth-order valence-electron chi connectivity index (χ4n) is 1.20. The highest BCUT2D eigenvalue weighted by Gasteiger charge is 2.23. The van der Waals surface area contributed by atoms with Crippen molar-refractivity contribution in [1.29, 1.82) is 0 Å². The van der Waals surface area contributed by atoms with Crippen molar-refractivity contribution in [1.82, 2.24) is 20.1 Å². The molecule has 1 N–H and O–H groups in total. The van der Waals surface area contributed by atoms with Gasteiger partial charge in [-0.15, -0.1) is 5.10 Å². The molecule has 1 amide bonds. The molecule has 1 aromatic rings. The predicted octanol–water partition coefficient (Wildman–Crippen LogP) is 0.911. The van der Waals surface area contributed by atoms with Crippen LogP contribution in [0.25, 0.3) is 0 Å². The van der Waals surface area contributed by atoms with Gasteiger partial charge in [-0.1, -0.05) is 0 Å². The molecule has 0 radical (unpaired) electrons. The summed E-state index contributed by atoms with van der Waals surface area (Å²) in [5.41, 5.74) is -0.601. The van der Waals surface area contributed by atoms with Crippen molar-refractivity contribution in [3.05, 3.63) is 12.2 Å². The van der Waals surface area contributed by atoms with Gasteiger partial charge in [0.1, 0.15) is 11.9 Å². The van der Waals surface area contributed by atoms with Crippen molar-refractivity contribution in [2.75, 3.05) is 0 Å². The zero-order valence-corrected chi connectivity index (χ0v) is 11.2. The zero-order valence-electron chi connectivity index (χ0n) is 11.2. The minimum Gasteiger partial charge on any atom is -0.444 e. The molecule has 0 aliphatic carbocycles. The van der Waals surface area contributed by atoms with Crippen molar-refractivity contribution in [2.24, 2.45) is 7.05 Å². The number of aromatic nitrogens is 3. The second kappa shape index (κ2) is 5.16. The van der Waals surface area contributed by atoms with Gasteiger partial charge in [0.05, 0.1) is 6.04 Å². The molecule has 0 saturated heterocycles. The topological polar surface area (TPSA) is 86.1 Å². The number of rotatable bonds is 3. The molecule has 0 bridgehead atoms. The van der Waals surface area contributed by atoms with Crippen molar-refractivity contribution in [2.45, 2.75) is 39.3 Å². The molecule has 100 valence electrons. The molecule has 1 aromatic heterocycles. The van der Waals surface area contributed by atoms with E-state index in [-0.39, 0.29) is 11.6 Å². The Hall–Kier alpha value is -1.92. The summed E-state index contributed by atoms with van der Waals surface area (Å²) in [6.45, 7) is 6.81. The maximum atomic E-state index is 11.9. The zero-order chi connectivity index (χ0) is 13.9. The lowest BCUT2D eigenvalue weighted by atomic mass is 10.2. The Balaban J connectivity index is 2.58. The van der Waals surface area contributed by atoms with E-state index in [1.807, 2.05) is 0 Å². The van der Waals surface area contributed by atoms with E-state index in [1.54, 1.807) is 34.7 Å². The van der Waals surface area contributed by atoms with Gasteiger partial charge in [-0.05, 0) is 27.7 Å². The smallest absolute Gasteiger partial charge is 0.408 e. The highest BCUT2D eigenvalue weighted by atomic mass is 16.6. The molecule has 7 nitrogen and oxygen atoms in total. The van der Waals surface area contributed by atoms with Gasteiger partial charge < -0.3 is 10.1 Å². The van der Waals surface area contributed by atoms with Gasteiger partial charge in [-0.3, -0.25) is 9.48 Å². The van der Waals surface area contributed by atoms with E-state index in [4.69, 9.17) is 4.74 Å². The van der Waals surface area contributed by atoms with Crippen molar-refractivity contribution < 1.29 is 14.3 Å². The van der Waals surface area contributed by atoms with Crippen LogP contribution in [0.3, 0.4) is 0 Å². The number of Topliss-reactive ketones (excluding diaryl/α,β-unsaturated/α-hetero) is 1. The Morgan fingerprint density at radius 1 is 1.44 bits per heavy atom. The van der Waals surface area contributed by atoms with Crippen LogP contribution in [0.5, 0.6) is 0 Å². The van der Waals surface area contributed by atoms with Crippen LogP contribution in [-0.4, -0.2) is 38.3 Å².